The topological polar surface area (TPSA) is 67.6 Å². The molecule has 0 aliphatic carbocycles. The van der Waals surface area contributed by atoms with E-state index in [9.17, 15) is 9.18 Å². The summed E-state index contributed by atoms with van der Waals surface area (Å²) in [6.07, 6.45) is 0. The first-order chi connectivity index (χ1) is 8.95. The van der Waals surface area contributed by atoms with E-state index in [1.54, 1.807) is 6.07 Å². The van der Waals surface area contributed by atoms with Crippen molar-refractivity contribution in [3.63, 3.8) is 0 Å². The highest BCUT2D eigenvalue weighted by Crippen LogP contribution is 2.21. The van der Waals surface area contributed by atoms with Crippen LogP contribution in [0.5, 0.6) is 5.75 Å². The normalized spacial score (nSPS) is 12.5. The van der Waals surface area contributed by atoms with Gasteiger partial charge in [0.15, 0.2) is 11.6 Å². The number of nitrogens with zero attached hydrogens (tertiary/aromatic N) is 1. The van der Waals surface area contributed by atoms with Crippen molar-refractivity contribution in [3.05, 3.63) is 29.6 Å². The zero-order valence-electron chi connectivity index (χ0n) is 11.4. The van der Waals surface area contributed by atoms with E-state index in [1.807, 2.05) is 19.0 Å². The molecule has 0 fully saturated rings. The van der Waals surface area contributed by atoms with Gasteiger partial charge in [-0.25, -0.2) is 4.39 Å². The minimum absolute atomic E-state index is 0.139. The summed E-state index contributed by atoms with van der Waals surface area (Å²) >= 11 is 0. The highest BCUT2D eigenvalue weighted by molar-refractivity contribution is 5.81. The van der Waals surface area contributed by atoms with Gasteiger partial charge < -0.3 is 20.7 Å². The van der Waals surface area contributed by atoms with Crippen LogP contribution in [0.3, 0.4) is 0 Å². The Morgan fingerprint density at radius 2 is 2.21 bits per heavy atom. The molecule has 19 heavy (non-hydrogen) atoms. The average molecular weight is 269 g/mol. The second-order valence-corrected chi connectivity index (χ2v) is 4.49. The molecule has 0 heterocycles. The van der Waals surface area contributed by atoms with E-state index in [2.05, 4.69) is 5.32 Å². The quantitative estimate of drug-likeness (QED) is 0.757. The number of nitrogens with one attached hydrogen (secondary N) is 1. The monoisotopic (exact) mass is 269 g/mol. The molecule has 0 saturated carbocycles. The fourth-order valence-corrected chi connectivity index (χ4v) is 1.68. The lowest BCUT2D eigenvalue weighted by molar-refractivity contribution is -0.120. The van der Waals surface area contributed by atoms with Crippen LogP contribution in [0.4, 0.5) is 4.39 Å². The van der Waals surface area contributed by atoms with E-state index in [1.165, 1.54) is 19.2 Å². The number of ether oxygens (including phenoxy) is 1. The maximum absolute atomic E-state index is 13.6. The van der Waals surface area contributed by atoms with E-state index in [-0.39, 0.29) is 5.75 Å². The van der Waals surface area contributed by atoms with Crippen molar-refractivity contribution in [2.45, 2.75) is 6.04 Å². The number of hydrogen-bond donors (Lipinski definition) is 2. The zero-order chi connectivity index (χ0) is 14.4. The van der Waals surface area contributed by atoms with Crippen LogP contribution in [0.1, 0.15) is 11.6 Å². The Morgan fingerprint density at radius 3 is 2.68 bits per heavy atom. The summed E-state index contributed by atoms with van der Waals surface area (Å²) in [5, 5.41) is 3.01. The fraction of sp³-hybridized carbons (Fsp3) is 0.462. The summed E-state index contributed by atoms with van der Waals surface area (Å²) in [5.74, 6) is -0.913. The maximum atomic E-state index is 13.6. The lowest BCUT2D eigenvalue weighted by Crippen LogP contribution is -2.37. The Hall–Kier alpha value is -1.66. The lowest BCUT2D eigenvalue weighted by Gasteiger charge is -2.18. The smallest absolute Gasteiger partial charge is 0.239 e. The van der Waals surface area contributed by atoms with Crippen LogP contribution < -0.4 is 15.8 Å². The molecule has 5 nitrogen and oxygen atoms in total. The predicted octanol–water partition coefficient (Wildman–Crippen LogP) is 0.512. The van der Waals surface area contributed by atoms with Crippen LogP contribution in [-0.2, 0) is 4.79 Å². The molecular formula is C13H20FN3O2. The van der Waals surface area contributed by atoms with Crippen LogP contribution in [0.15, 0.2) is 18.2 Å². The number of hydrogen-bond acceptors (Lipinski definition) is 4. The van der Waals surface area contributed by atoms with E-state index in [0.717, 1.165) is 6.54 Å². The predicted molar refractivity (Wildman–Crippen MR) is 71.4 cm³/mol. The standard InChI is InChI=1S/C13H20FN3O2/c1-17(2)7-6-16-12(13(15)18)9-4-5-11(19-3)10(14)8-9/h4-5,8,12,16H,6-7H2,1-3H3,(H2,15,18). The average Bonchev–Trinajstić information content (AvgIpc) is 2.33. The summed E-state index contributed by atoms with van der Waals surface area (Å²) in [5.41, 5.74) is 5.83. The third-order valence-corrected chi connectivity index (χ3v) is 2.70. The lowest BCUT2D eigenvalue weighted by atomic mass is 10.1. The summed E-state index contributed by atoms with van der Waals surface area (Å²) in [6, 6.07) is 3.66. The van der Waals surface area contributed by atoms with Gasteiger partial charge in [-0.1, -0.05) is 6.07 Å². The molecule has 1 amide bonds. The van der Waals surface area contributed by atoms with Crippen molar-refractivity contribution in [1.29, 1.82) is 0 Å². The first-order valence-corrected chi connectivity index (χ1v) is 5.96. The molecule has 1 unspecified atom stereocenters. The molecule has 0 radical (unpaired) electrons. The molecular weight excluding hydrogens is 249 g/mol. The molecule has 1 aromatic rings. The van der Waals surface area contributed by atoms with Crippen LogP contribution >= 0.6 is 0 Å². The number of carbonyl (C=O) groups is 1. The Bertz CT molecular complexity index is 438. The van der Waals surface area contributed by atoms with Gasteiger partial charge in [0.25, 0.3) is 0 Å². The van der Waals surface area contributed by atoms with E-state index in [4.69, 9.17) is 10.5 Å². The van der Waals surface area contributed by atoms with Gasteiger partial charge >= 0.3 is 0 Å². The van der Waals surface area contributed by atoms with Gasteiger partial charge in [0.1, 0.15) is 6.04 Å². The van der Waals surface area contributed by atoms with Gasteiger partial charge in [-0.05, 0) is 31.8 Å². The van der Waals surface area contributed by atoms with Crippen molar-refractivity contribution in [1.82, 2.24) is 10.2 Å². The number of rotatable bonds is 7. The molecule has 0 bridgehead atoms. The van der Waals surface area contributed by atoms with Gasteiger partial charge in [0.2, 0.25) is 5.91 Å². The SMILES string of the molecule is COc1ccc(C(NCCN(C)C)C(N)=O)cc1F. The van der Waals surface area contributed by atoms with E-state index in [0.29, 0.717) is 12.1 Å². The fourth-order valence-electron chi connectivity index (χ4n) is 1.68. The number of likely N-dealkylation sites (N-methyl/N-ethyl adjacent to an activating group) is 1. The molecule has 0 spiro atoms. The van der Waals surface area contributed by atoms with E-state index >= 15 is 0 Å². The highest BCUT2D eigenvalue weighted by Gasteiger charge is 2.18. The number of carbonyl (C=O) groups excluding carboxylic acids is 1. The minimum atomic E-state index is -0.708. The molecule has 0 aromatic heterocycles. The van der Waals surface area contributed by atoms with Gasteiger partial charge in [0, 0.05) is 13.1 Å². The third-order valence-electron chi connectivity index (χ3n) is 2.70. The van der Waals surface area contributed by atoms with Gasteiger partial charge in [-0.3, -0.25) is 4.79 Å². The Morgan fingerprint density at radius 1 is 1.53 bits per heavy atom. The van der Waals surface area contributed by atoms with Crippen molar-refractivity contribution < 1.29 is 13.9 Å². The van der Waals surface area contributed by atoms with Gasteiger partial charge in [-0.2, -0.15) is 0 Å². The molecule has 106 valence electrons. The summed E-state index contributed by atoms with van der Waals surface area (Å²) < 4.78 is 18.4. The number of halogens is 1. The zero-order valence-corrected chi connectivity index (χ0v) is 11.4. The summed E-state index contributed by atoms with van der Waals surface area (Å²) in [7, 11) is 5.24. The summed E-state index contributed by atoms with van der Waals surface area (Å²) in [4.78, 5) is 13.4. The molecule has 0 saturated heterocycles. The first kappa shape index (κ1) is 15.4. The van der Waals surface area contributed by atoms with Crippen LogP contribution in [0, 0.1) is 5.82 Å². The molecule has 1 aromatic carbocycles. The van der Waals surface area contributed by atoms with Crippen LogP contribution in [0.2, 0.25) is 0 Å². The molecule has 0 aliphatic heterocycles. The van der Waals surface area contributed by atoms with Crippen molar-refractivity contribution in [3.8, 4) is 5.75 Å². The van der Waals surface area contributed by atoms with E-state index < -0.39 is 17.8 Å². The van der Waals surface area contributed by atoms with Gasteiger partial charge in [0.05, 0.1) is 7.11 Å². The number of methoxy groups -OCH3 is 1. The minimum Gasteiger partial charge on any atom is -0.494 e. The second-order valence-electron chi connectivity index (χ2n) is 4.49. The van der Waals surface area contributed by atoms with Crippen molar-refractivity contribution in [2.75, 3.05) is 34.3 Å². The Kier molecular flexibility index (Phi) is 5.72. The largest absolute Gasteiger partial charge is 0.494 e. The number of benzene rings is 1. The molecule has 3 N–H and O–H groups in total. The van der Waals surface area contributed by atoms with Crippen molar-refractivity contribution >= 4 is 5.91 Å². The molecule has 1 rings (SSSR count). The van der Waals surface area contributed by atoms with Crippen LogP contribution in [0.25, 0.3) is 0 Å². The number of nitrogens with two attached hydrogens (primary N) is 1. The summed E-state index contributed by atoms with van der Waals surface area (Å²) in [6.45, 7) is 1.33. The second kappa shape index (κ2) is 7.06. The molecule has 6 heteroatoms. The van der Waals surface area contributed by atoms with Gasteiger partial charge in [-0.15, -0.1) is 0 Å². The Labute approximate surface area is 112 Å². The van der Waals surface area contributed by atoms with Crippen LogP contribution in [-0.4, -0.2) is 45.1 Å². The first-order valence-electron chi connectivity index (χ1n) is 5.96. The third kappa shape index (κ3) is 4.50. The van der Waals surface area contributed by atoms with Crippen molar-refractivity contribution in [2.24, 2.45) is 5.73 Å². The number of primary amides is 1. The molecule has 0 aliphatic rings. The Balaban J connectivity index is 2.81. The maximum Gasteiger partial charge on any atom is 0.239 e. The number of amides is 1. The highest BCUT2D eigenvalue weighted by atomic mass is 19.1. The molecule has 1 atom stereocenters.